The zero-order valence-electron chi connectivity index (χ0n) is 10.6. The van der Waals surface area contributed by atoms with Crippen molar-refractivity contribution in [1.82, 2.24) is 4.98 Å². The number of rotatable bonds is 4. The molecule has 0 saturated carbocycles. The molecule has 5 heteroatoms. The van der Waals surface area contributed by atoms with Crippen molar-refractivity contribution in [3.63, 3.8) is 0 Å². The molecule has 1 aromatic carbocycles. The number of anilines is 2. The van der Waals surface area contributed by atoms with Crippen LogP contribution in [0.3, 0.4) is 0 Å². The number of para-hydroxylation sites is 1. The molecule has 98 valence electrons. The molecule has 1 aromatic heterocycles. The number of nitrogens with two attached hydrogens (primary N) is 1. The van der Waals surface area contributed by atoms with E-state index in [9.17, 15) is 4.79 Å². The molecule has 2 rings (SSSR count). The van der Waals surface area contributed by atoms with E-state index in [2.05, 4.69) is 10.3 Å². The van der Waals surface area contributed by atoms with Gasteiger partial charge in [-0.2, -0.15) is 0 Å². The number of nitrogens with one attached hydrogen (secondary N) is 1. The fourth-order valence-electron chi connectivity index (χ4n) is 1.74. The van der Waals surface area contributed by atoms with Crippen LogP contribution in [0.25, 0.3) is 0 Å². The second kappa shape index (κ2) is 5.86. The SMILES string of the molecule is COC(=O)c1cccc(N)c1NCc1cccnc1. The Kier molecular flexibility index (Phi) is 3.97. The van der Waals surface area contributed by atoms with Gasteiger partial charge in [0.25, 0.3) is 0 Å². The van der Waals surface area contributed by atoms with E-state index in [1.807, 2.05) is 12.1 Å². The second-order valence-corrected chi connectivity index (χ2v) is 3.98. The van der Waals surface area contributed by atoms with Gasteiger partial charge in [0.05, 0.1) is 24.0 Å². The molecule has 0 atom stereocenters. The van der Waals surface area contributed by atoms with Crippen molar-refractivity contribution in [1.29, 1.82) is 0 Å². The van der Waals surface area contributed by atoms with E-state index >= 15 is 0 Å². The average Bonchev–Trinajstić information content (AvgIpc) is 2.46. The Labute approximate surface area is 111 Å². The summed E-state index contributed by atoms with van der Waals surface area (Å²) < 4.78 is 4.74. The van der Waals surface area contributed by atoms with E-state index in [-0.39, 0.29) is 0 Å². The first-order chi connectivity index (χ1) is 9.22. The van der Waals surface area contributed by atoms with E-state index in [0.717, 1.165) is 5.56 Å². The van der Waals surface area contributed by atoms with Gasteiger partial charge in [0.1, 0.15) is 0 Å². The molecule has 0 amide bonds. The molecule has 0 saturated heterocycles. The molecule has 0 bridgehead atoms. The smallest absolute Gasteiger partial charge is 0.340 e. The first-order valence-corrected chi connectivity index (χ1v) is 5.82. The number of ether oxygens (including phenoxy) is 1. The fraction of sp³-hybridized carbons (Fsp3) is 0.143. The van der Waals surface area contributed by atoms with Crippen molar-refractivity contribution < 1.29 is 9.53 Å². The van der Waals surface area contributed by atoms with E-state index in [0.29, 0.717) is 23.5 Å². The van der Waals surface area contributed by atoms with Crippen LogP contribution in [-0.2, 0) is 11.3 Å². The lowest BCUT2D eigenvalue weighted by molar-refractivity contribution is 0.0602. The van der Waals surface area contributed by atoms with Gasteiger partial charge >= 0.3 is 5.97 Å². The minimum Gasteiger partial charge on any atom is -0.465 e. The predicted octanol–water partition coefficient (Wildman–Crippen LogP) is 2.06. The molecule has 2 aromatic rings. The summed E-state index contributed by atoms with van der Waals surface area (Å²) in [5, 5.41) is 3.15. The Morgan fingerprint density at radius 3 is 2.89 bits per heavy atom. The van der Waals surface area contributed by atoms with Crippen LogP contribution in [0, 0.1) is 0 Å². The molecule has 1 heterocycles. The molecule has 0 aliphatic heterocycles. The molecule has 0 radical (unpaired) electrons. The number of nitrogen functional groups attached to an aromatic ring is 1. The summed E-state index contributed by atoms with van der Waals surface area (Å²) in [4.78, 5) is 15.7. The summed E-state index contributed by atoms with van der Waals surface area (Å²) >= 11 is 0. The minimum absolute atomic E-state index is 0.416. The minimum atomic E-state index is -0.416. The van der Waals surface area contributed by atoms with E-state index < -0.39 is 5.97 Å². The molecular formula is C14H15N3O2. The summed E-state index contributed by atoms with van der Waals surface area (Å²) in [6.45, 7) is 0.534. The van der Waals surface area contributed by atoms with Crippen molar-refractivity contribution in [3.8, 4) is 0 Å². The van der Waals surface area contributed by atoms with Crippen LogP contribution >= 0.6 is 0 Å². The molecule has 0 spiro atoms. The van der Waals surface area contributed by atoms with E-state index in [4.69, 9.17) is 10.5 Å². The van der Waals surface area contributed by atoms with E-state index in [1.54, 1.807) is 30.6 Å². The molecular weight excluding hydrogens is 242 g/mol. The molecule has 0 unspecified atom stereocenters. The summed E-state index contributed by atoms with van der Waals surface area (Å²) in [5.41, 5.74) is 8.40. The number of benzene rings is 1. The number of esters is 1. The number of methoxy groups -OCH3 is 1. The summed E-state index contributed by atoms with van der Waals surface area (Å²) in [6, 6.07) is 8.92. The molecule has 0 aliphatic rings. The zero-order valence-corrected chi connectivity index (χ0v) is 10.6. The number of pyridine rings is 1. The highest BCUT2D eigenvalue weighted by Crippen LogP contribution is 2.24. The Morgan fingerprint density at radius 1 is 1.37 bits per heavy atom. The van der Waals surface area contributed by atoms with Crippen molar-refractivity contribution in [3.05, 3.63) is 53.9 Å². The van der Waals surface area contributed by atoms with Crippen LogP contribution in [-0.4, -0.2) is 18.1 Å². The van der Waals surface area contributed by atoms with Crippen molar-refractivity contribution in [2.75, 3.05) is 18.2 Å². The van der Waals surface area contributed by atoms with Crippen molar-refractivity contribution in [2.45, 2.75) is 6.54 Å². The molecule has 0 fully saturated rings. The van der Waals surface area contributed by atoms with Crippen LogP contribution < -0.4 is 11.1 Å². The maximum atomic E-state index is 11.7. The number of carbonyl (C=O) groups excluding carboxylic acids is 1. The highest BCUT2D eigenvalue weighted by Gasteiger charge is 2.13. The molecule has 0 aliphatic carbocycles. The number of carbonyl (C=O) groups is 1. The van der Waals surface area contributed by atoms with Gasteiger partial charge in [-0.15, -0.1) is 0 Å². The van der Waals surface area contributed by atoms with Crippen LogP contribution in [0.15, 0.2) is 42.7 Å². The van der Waals surface area contributed by atoms with Crippen LogP contribution in [0.5, 0.6) is 0 Å². The van der Waals surface area contributed by atoms with Gasteiger partial charge in [-0.05, 0) is 23.8 Å². The Morgan fingerprint density at radius 2 is 2.21 bits per heavy atom. The monoisotopic (exact) mass is 257 g/mol. The third kappa shape index (κ3) is 3.01. The average molecular weight is 257 g/mol. The van der Waals surface area contributed by atoms with Gasteiger partial charge in [-0.25, -0.2) is 4.79 Å². The topological polar surface area (TPSA) is 77.2 Å². The van der Waals surface area contributed by atoms with Crippen molar-refractivity contribution >= 4 is 17.3 Å². The third-order valence-corrected chi connectivity index (χ3v) is 2.69. The van der Waals surface area contributed by atoms with Gasteiger partial charge < -0.3 is 15.8 Å². The number of aromatic nitrogens is 1. The number of hydrogen-bond acceptors (Lipinski definition) is 5. The van der Waals surface area contributed by atoms with Gasteiger partial charge in [0.15, 0.2) is 0 Å². The largest absolute Gasteiger partial charge is 0.465 e. The van der Waals surface area contributed by atoms with Crippen molar-refractivity contribution in [2.24, 2.45) is 0 Å². The Balaban J connectivity index is 2.22. The van der Waals surface area contributed by atoms with Crippen LogP contribution in [0.1, 0.15) is 15.9 Å². The Bertz CT molecular complexity index is 570. The predicted molar refractivity (Wildman–Crippen MR) is 73.8 cm³/mol. The third-order valence-electron chi connectivity index (χ3n) is 2.69. The van der Waals surface area contributed by atoms with Gasteiger partial charge in [-0.1, -0.05) is 12.1 Å². The molecule has 19 heavy (non-hydrogen) atoms. The number of nitrogens with zero attached hydrogens (tertiary/aromatic N) is 1. The lowest BCUT2D eigenvalue weighted by Gasteiger charge is -2.13. The first-order valence-electron chi connectivity index (χ1n) is 5.82. The van der Waals surface area contributed by atoms with E-state index in [1.165, 1.54) is 7.11 Å². The summed E-state index contributed by atoms with van der Waals surface area (Å²) in [7, 11) is 1.34. The number of hydrogen-bond donors (Lipinski definition) is 2. The van der Waals surface area contributed by atoms with Gasteiger partial charge in [-0.3, -0.25) is 4.98 Å². The van der Waals surface area contributed by atoms with Crippen LogP contribution in [0.4, 0.5) is 11.4 Å². The van der Waals surface area contributed by atoms with Gasteiger partial charge in [0.2, 0.25) is 0 Å². The van der Waals surface area contributed by atoms with Gasteiger partial charge in [0, 0.05) is 18.9 Å². The molecule has 3 N–H and O–H groups in total. The first kappa shape index (κ1) is 12.9. The standard InChI is InChI=1S/C14H15N3O2/c1-19-14(18)11-5-2-6-12(15)13(11)17-9-10-4-3-7-16-8-10/h2-8,17H,9,15H2,1H3. The normalized spacial score (nSPS) is 9.95. The lowest BCUT2D eigenvalue weighted by atomic mass is 10.1. The molecule has 5 nitrogen and oxygen atoms in total. The lowest BCUT2D eigenvalue weighted by Crippen LogP contribution is -2.10. The summed E-state index contributed by atoms with van der Waals surface area (Å²) in [5.74, 6) is -0.416. The quantitative estimate of drug-likeness (QED) is 0.647. The highest BCUT2D eigenvalue weighted by atomic mass is 16.5. The maximum Gasteiger partial charge on any atom is 0.340 e. The Hall–Kier alpha value is -2.56. The zero-order chi connectivity index (χ0) is 13.7. The second-order valence-electron chi connectivity index (χ2n) is 3.98. The fourth-order valence-corrected chi connectivity index (χ4v) is 1.74. The highest BCUT2D eigenvalue weighted by molar-refractivity contribution is 5.98. The summed E-state index contributed by atoms with van der Waals surface area (Å²) in [6.07, 6.45) is 3.46. The van der Waals surface area contributed by atoms with Crippen LogP contribution in [0.2, 0.25) is 0 Å². The maximum absolute atomic E-state index is 11.7.